The molecule has 0 amide bonds. The zero-order valence-corrected chi connectivity index (χ0v) is 9.83. The van der Waals surface area contributed by atoms with E-state index in [2.05, 4.69) is 0 Å². The Labute approximate surface area is 98.3 Å². The van der Waals surface area contributed by atoms with Crippen molar-refractivity contribution in [2.45, 2.75) is 13.5 Å². The molecule has 17 heavy (non-hydrogen) atoms. The van der Waals surface area contributed by atoms with E-state index in [1.54, 1.807) is 6.92 Å². The Balaban J connectivity index is 2.85. The number of methoxy groups -OCH3 is 2. The van der Waals surface area contributed by atoms with E-state index in [4.69, 9.17) is 14.2 Å². The van der Waals surface area contributed by atoms with Crippen molar-refractivity contribution < 1.29 is 23.8 Å². The lowest BCUT2D eigenvalue weighted by molar-refractivity contribution is 0.0532. The summed E-state index contributed by atoms with van der Waals surface area (Å²) < 4.78 is 15.3. The number of carbonyl (C=O) groups is 2. The Bertz CT molecular complexity index is 501. The zero-order valence-electron chi connectivity index (χ0n) is 9.83. The summed E-state index contributed by atoms with van der Waals surface area (Å²) in [6.45, 7) is 1.97. The fraction of sp³-hybridized carbons (Fsp3) is 0.333. The average Bonchev–Trinajstić information content (AvgIpc) is 2.71. The van der Waals surface area contributed by atoms with Gasteiger partial charge in [-0.25, -0.2) is 4.79 Å². The summed E-state index contributed by atoms with van der Waals surface area (Å²) in [5.41, 5.74) is 2.02. The summed E-state index contributed by atoms with van der Waals surface area (Å²) in [5.74, 6) is 0.180. The number of hydrogen-bond acceptors (Lipinski definition) is 5. The van der Waals surface area contributed by atoms with E-state index < -0.39 is 5.97 Å². The molecule has 0 spiro atoms. The smallest absolute Gasteiger partial charge is 0.342 e. The fourth-order valence-electron chi connectivity index (χ4n) is 2.09. The molecule has 0 bridgehead atoms. The minimum absolute atomic E-state index is 0.186. The van der Waals surface area contributed by atoms with Crippen molar-refractivity contribution in [2.24, 2.45) is 0 Å². The second kappa shape index (κ2) is 4.08. The maximum atomic E-state index is 11.6. The summed E-state index contributed by atoms with van der Waals surface area (Å²) in [4.78, 5) is 22.7. The molecule has 0 aliphatic carbocycles. The average molecular weight is 236 g/mol. The van der Waals surface area contributed by atoms with E-state index in [0.29, 0.717) is 23.2 Å². The van der Waals surface area contributed by atoms with E-state index in [-0.39, 0.29) is 17.9 Å². The number of esters is 1. The molecule has 0 N–H and O–H groups in total. The van der Waals surface area contributed by atoms with Gasteiger partial charge in [-0.15, -0.1) is 0 Å². The van der Waals surface area contributed by atoms with Crippen LogP contribution in [0.3, 0.4) is 0 Å². The van der Waals surface area contributed by atoms with Gasteiger partial charge in [-0.1, -0.05) is 0 Å². The predicted molar refractivity (Wildman–Crippen MR) is 58.8 cm³/mol. The minimum atomic E-state index is -0.467. The lowest BCUT2D eigenvalue weighted by atomic mass is 9.97. The number of hydrogen-bond donors (Lipinski definition) is 0. The molecule has 0 saturated carbocycles. The summed E-state index contributed by atoms with van der Waals surface area (Å²) in [6, 6.07) is 0. The molecule has 1 heterocycles. The molecular weight excluding hydrogens is 224 g/mol. The molecular formula is C12H12O5. The first-order chi connectivity index (χ1) is 8.15. The molecule has 0 unspecified atom stereocenters. The summed E-state index contributed by atoms with van der Waals surface area (Å²) in [7, 11) is 2.88. The molecule has 5 nitrogen and oxygen atoms in total. The van der Waals surface area contributed by atoms with Crippen molar-refractivity contribution in [3.8, 4) is 11.5 Å². The summed E-state index contributed by atoms with van der Waals surface area (Å²) in [5, 5.41) is 0. The molecule has 2 rings (SSSR count). The number of aldehydes is 1. The first-order valence-electron chi connectivity index (χ1n) is 5.05. The summed E-state index contributed by atoms with van der Waals surface area (Å²) in [6.07, 6.45) is 0.622. The highest BCUT2D eigenvalue weighted by atomic mass is 16.5. The molecule has 90 valence electrons. The van der Waals surface area contributed by atoms with Crippen LogP contribution < -0.4 is 9.47 Å². The van der Waals surface area contributed by atoms with Crippen LogP contribution in [0.2, 0.25) is 0 Å². The number of ether oxygens (including phenoxy) is 3. The molecule has 0 fully saturated rings. The van der Waals surface area contributed by atoms with E-state index in [0.717, 1.165) is 5.56 Å². The van der Waals surface area contributed by atoms with E-state index >= 15 is 0 Å². The van der Waals surface area contributed by atoms with Crippen LogP contribution in [0.15, 0.2) is 0 Å². The Kier molecular flexibility index (Phi) is 2.75. The third kappa shape index (κ3) is 1.46. The first kappa shape index (κ1) is 11.4. The molecule has 0 radical (unpaired) electrons. The lowest BCUT2D eigenvalue weighted by Crippen LogP contribution is -2.06. The van der Waals surface area contributed by atoms with Crippen LogP contribution in [-0.4, -0.2) is 26.5 Å². The van der Waals surface area contributed by atoms with Crippen molar-refractivity contribution in [2.75, 3.05) is 14.2 Å². The minimum Gasteiger partial charge on any atom is -0.496 e. The highest BCUT2D eigenvalue weighted by molar-refractivity contribution is 6.01. The molecule has 0 saturated heterocycles. The number of carbonyl (C=O) groups excluding carboxylic acids is 2. The molecule has 0 atom stereocenters. The summed E-state index contributed by atoms with van der Waals surface area (Å²) >= 11 is 0. The predicted octanol–water partition coefficient (Wildman–Crippen LogP) is 1.50. The van der Waals surface area contributed by atoms with Crippen LogP contribution in [0.1, 0.15) is 31.8 Å². The number of fused-ring (bicyclic) bond motifs is 1. The number of cyclic esters (lactones) is 1. The van der Waals surface area contributed by atoms with Crippen LogP contribution in [-0.2, 0) is 11.3 Å². The zero-order chi connectivity index (χ0) is 12.6. The number of rotatable bonds is 3. The third-order valence-electron chi connectivity index (χ3n) is 2.89. The second-order valence-electron chi connectivity index (χ2n) is 3.65. The van der Waals surface area contributed by atoms with Gasteiger partial charge in [0.15, 0.2) is 6.29 Å². The van der Waals surface area contributed by atoms with E-state index in [1.807, 2.05) is 0 Å². The second-order valence-corrected chi connectivity index (χ2v) is 3.65. The van der Waals surface area contributed by atoms with Gasteiger partial charge in [0.2, 0.25) is 0 Å². The van der Waals surface area contributed by atoms with Gasteiger partial charge in [-0.05, 0) is 12.5 Å². The molecule has 1 aliphatic heterocycles. The van der Waals surface area contributed by atoms with E-state index in [1.165, 1.54) is 14.2 Å². The van der Waals surface area contributed by atoms with Crippen LogP contribution in [0.4, 0.5) is 0 Å². The fourth-order valence-corrected chi connectivity index (χ4v) is 2.09. The Morgan fingerprint density at radius 2 is 1.88 bits per heavy atom. The Hall–Kier alpha value is -2.04. The van der Waals surface area contributed by atoms with Gasteiger partial charge < -0.3 is 14.2 Å². The Morgan fingerprint density at radius 3 is 2.41 bits per heavy atom. The highest BCUT2D eigenvalue weighted by Crippen LogP contribution is 2.41. The van der Waals surface area contributed by atoms with Gasteiger partial charge in [0, 0.05) is 5.56 Å². The standard InChI is InChI=1S/C12H12O5/c1-6-8-5-17-12(14)9(8)11(16-3)7(4-13)10(6)15-2/h4H,5H2,1-3H3. The largest absolute Gasteiger partial charge is 0.496 e. The van der Waals surface area contributed by atoms with E-state index in [9.17, 15) is 9.59 Å². The van der Waals surface area contributed by atoms with Crippen LogP contribution in [0, 0.1) is 6.92 Å². The first-order valence-corrected chi connectivity index (χ1v) is 5.05. The molecule has 1 aromatic carbocycles. The van der Waals surface area contributed by atoms with Crippen molar-refractivity contribution in [3.63, 3.8) is 0 Å². The molecule has 1 aliphatic rings. The van der Waals surface area contributed by atoms with Crippen molar-refractivity contribution in [1.82, 2.24) is 0 Å². The van der Waals surface area contributed by atoms with Gasteiger partial charge in [0.05, 0.1) is 19.8 Å². The van der Waals surface area contributed by atoms with Gasteiger partial charge in [0.1, 0.15) is 23.7 Å². The highest BCUT2D eigenvalue weighted by Gasteiger charge is 2.32. The molecule has 1 aromatic rings. The third-order valence-corrected chi connectivity index (χ3v) is 2.89. The normalized spacial score (nSPS) is 13.0. The van der Waals surface area contributed by atoms with Crippen LogP contribution in [0.5, 0.6) is 11.5 Å². The van der Waals surface area contributed by atoms with Crippen LogP contribution >= 0.6 is 0 Å². The maximum Gasteiger partial charge on any atom is 0.342 e. The molecule has 5 heteroatoms. The van der Waals surface area contributed by atoms with Crippen molar-refractivity contribution >= 4 is 12.3 Å². The maximum absolute atomic E-state index is 11.6. The van der Waals surface area contributed by atoms with Gasteiger partial charge in [-0.3, -0.25) is 4.79 Å². The van der Waals surface area contributed by atoms with Crippen LogP contribution in [0.25, 0.3) is 0 Å². The quantitative estimate of drug-likeness (QED) is 0.587. The molecule has 0 aromatic heterocycles. The SMILES string of the molecule is COc1c(C)c2c(c(OC)c1C=O)C(=O)OC2. The lowest BCUT2D eigenvalue weighted by Gasteiger charge is -2.14. The Morgan fingerprint density at radius 1 is 1.24 bits per heavy atom. The van der Waals surface area contributed by atoms with Gasteiger partial charge in [0.25, 0.3) is 0 Å². The van der Waals surface area contributed by atoms with Crippen molar-refractivity contribution in [1.29, 1.82) is 0 Å². The number of benzene rings is 1. The van der Waals surface area contributed by atoms with Gasteiger partial charge in [-0.2, -0.15) is 0 Å². The van der Waals surface area contributed by atoms with Crippen molar-refractivity contribution in [3.05, 3.63) is 22.3 Å². The topological polar surface area (TPSA) is 61.8 Å². The monoisotopic (exact) mass is 236 g/mol. The van der Waals surface area contributed by atoms with Gasteiger partial charge >= 0.3 is 5.97 Å².